The van der Waals surface area contributed by atoms with E-state index in [1.807, 2.05) is 5.38 Å². The number of rotatable bonds is 5. The van der Waals surface area contributed by atoms with E-state index in [1.165, 1.54) is 11.3 Å². The van der Waals surface area contributed by atoms with Gasteiger partial charge in [-0.1, -0.05) is 0 Å². The Labute approximate surface area is 141 Å². The van der Waals surface area contributed by atoms with Gasteiger partial charge in [0.15, 0.2) is 5.13 Å². The van der Waals surface area contributed by atoms with Crippen LogP contribution in [0, 0.1) is 5.92 Å². The predicted octanol–water partition coefficient (Wildman–Crippen LogP) is 1.27. The predicted molar refractivity (Wildman–Crippen MR) is 91.4 cm³/mol. The summed E-state index contributed by atoms with van der Waals surface area (Å²) in [5, 5.41) is 5.59. The molecule has 0 saturated carbocycles. The third-order valence-electron chi connectivity index (χ3n) is 4.86. The fraction of sp³-hybridized carbons (Fsp3) is 0.750. The fourth-order valence-electron chi connectivity index (χ4n) is 3.47. The van der Waals surface area contributed by atoms with Crippen molar-refractivity contribution in [3.63, 3.8) is 0 Å². The quantitative estimate of drug-likeness (QED) is 0.845. The number of amides is 1. The molecule has 3 heterocycles. The Morgan fingerprint density at radius 3 is 2.74 bits per heavy atom. The number of hydrogen-bond acceptors (Lipinski definition) is 6. The molecule has 1 aromatic heterocycles. The number of carbonyl (C=O) groups is 1. The van der Waals surface area contributed by atoms with Crippen molar-refractivity contribution in [3.8, 4) is 0 Å². The SMILES string of the molecule is Nc1nc(CCNC(=O)C2CCN(C3CCOCC3)CC2)cs1. The fourth-order valence-corrected chi connectivity index (χ4v) is 4.07. The number of thiazole rings is 1. The summed E-state index contributed by atoms with van der Waals surface area (Å²) < 4.78 is 5.43. The molecule has 0 unspecified atom stereocenters. The molecule has 2 aliphatic rings. The molecule has 6 nitrogen and oxygen atoms in total. The molecule has 0 bridgehead atoms. The van der Waals surface area contributed by atoms with Crippen LogP contribution in [0.2, 0.25) is 0 Å². The Bertz CT molecular complexity index is 508. The molecule has 2 aliphatic heterocycles. The smallest absolute Gasteiger partial charge is 0.223 e. The zero-order valence-corrected chi connectivity index (χ0v) is 14.3. The highest BCUT2D eigenvalue weighted by Crippen LogP contribution is 2.23. The number of carbonyl (C=O) groups excluding carboxylic acids is 1. The molecule has 128 valence electrons. The lowest BCUT2D eigenvalue weighted by molar-refractivity contribution is -0.126. The molecule has 1 aromatic rings. The summed E-state index contributed by atoms with van der Waals surface area (Å²) in [6.07, 6.45) is 4.95. The number of hydrogen-bond donors (Lipinski definition) is 2. The van der Waals surface area contributed by atoms with Gasteiger partial charge >= 0.3 is 0 Å². The summed E-state index contributed by atoms with van der Waals surface area (Å²) in [5.41, 5.74) is 6.57. The molecule has 0 atom stereocenters. The molecule has 0 aliphatic carbocycles. The Balaban J connectivity index is 1.36. The minimum absolute atomic E-state index is 0.159. The van der Waals surface area contributed by atoms with Gasteiger partial charge in [-0.05, 0) is 38.8 Å². The molecule has 2 saturated heterocycles. The van der Waals surface area contributed by atoms with Gasteiger partial charge in [0, 0.05) is 43.5 Å². The Morgan fingerprint density at radius 2 is 2.09 bits per heavy atom. The van der Waals surface area contributed by atoms with Crippen LogP contribution in [0.1, 0.15) is 31.4 Å². The van der Waals surface area contributed by atoms with Crippen molar-refractivity contribution >= 4 is 22.4 Å². The summed E-state index contributed by atoms with van der Waals surface area (Å²) in [5.74, 6) is 0.353. The number of ether oxygens (including phenoxy) is 1. The van der Waals surface area contributed by atoms with Gasteiger partial charge in [0.1, 0.15) is 0 Å². The molecule has 23 heavy (non-hydrogen) atoms. The maximum atomic E-state index is 12.3. The van der Waals surface area contributed by atoms with Gasteiger partial charge in [-0.15, -0.1) is 11.3 Å². The Hall–Kier alpha value is -1.18. The molecule has 0 spiro atoms. The molecule has 0 radical (unpaired) electrons. The molecule has 1 amide bonds. The maximum absolute atomic E-state index is 12.3. The van der Waals surface area contributed by atoms with Gasteiger partial charge < -0.3 is 20.7 Å². The number of aromatic nitrogens is 1. The average Bonchev–Trinajstić information content (AvgIpc) is 3.01. The van der Waals surface area contributed by atoms with E-state index in [2.05, 4.69) is 15.2 Å². The van der Waals surface area contributed by atoms with Crippen molar-refractivity contribution < 1.29 is 9.53 Å². The van der Waals surface area contributed by atoms with Gasteiger partial charge in [-0.3, -0.25) is 4.79 Å². The van der Waals surface area contributed by atoms with E-state index in [4.69, 9.17) is 10.5 Å². The van der Waals surface area contributed by atoms with Crippen molar-refractivity contribution in [1.82, 2.24) is 15.2 Å². The van der Waals surface area contributed by atoms with Crippen molar-refractivity contribution in [2.24, 2.45) is 5.92 Å². The van der Waals surface area contributed by atoms with Crippen molar-refractivity contribution in [2.45, 2.75) is 38.1 Å². The highest BCUT2D eigenvalue weighted by Gasteiger charge is 2.29. The lowest BCUT2D eigenvalue weighted by Crippen LogP contribution is -2.46. The molecule has 2 fully saturated rings. The number of nitrogen functional groups attached to an aromatic ring is 1. The van der Waals surface area contributed by atoms with Gasteiger partial charge in [0.2, 0.25) is 5.91 Å². The largest absolute Gasteiger partial charge is 0.381 e. The van der Waals surface area contributed by atoms with Crippen molar-refractivity contribution in [3.05, 3.63) is 11.1 Å². The summed E-state index contributed by atoms with van der Waals surface area (Å²) in [6.45, 7) is 4.47. The van der Waals surface area contributed by atoms with E-state index in [9.17, 15) is 4.79 Å². The summed E-state index contributed by atoms with van der Waals surface area (Å²) in [6, 6.07) is 0.655. The maximum Gasteiger partial charge on any atom is 0.223 e. The summed E-state index contributed by atoms with van der Waals surface area (Å²) in [4.78, 5) is 19.0. The van der Waals surface area contributed by atoms with E-state index in [0.29, 0.717) is 17.7 Å². The first-order valence-corrected chi connectivity index (χ1v) is 9.39. The molecule has 3 N–H and O–H groups in total. The molecule has 0 aromatic carbocycles. The van der Waals surface area contributed by atoms with Crippen LogP contribution < -0.4 is 11.1 Å². The van der Waals surface area contributed by atoms with Crippen LogP contribution in [-0.2, 0) is 16.0 Å². The molecule has 7 heteroatoms. The molecule has 3 rings (SSSR count). The monoisotopic (exact) mass is 338 g/mol. The number of anilines is 1. The van der Waals surface area contributed by atoms with E-state index in [0.717, 1.165) is 64.1 Å². The number of nitrogens with one attached hydrogen (secondary N) is 1. The Kier molecular flexibility index (Phi) is 5.85. The second kappa shape index (κ2) is 8.08. The van der Waals surface area contributed by atoms with E-state index < -0.39 is 0 Å². The summed E-state index contributed by atoms with van der Waals surface area (Å²) in [7, 11) is 0. The normalized spacial score (nSPS) is 21.4. The number of likely N-dealkylation sites (tertiary alicyclic amines) is 1. The highest BCUT2D eigenvalue weighted by atomic mass is 32.1. The van der Waals surface area contributed by atoms with Gasteiger partial charge in [-0.25, -0.2) is 4.98 Å². The number of nitrogens with two attached hydrogens (primary N) is 1. The second-order valence-corrected chi connectivity index (χ2v) is 7.26. The standard InChI is InChI=1S/C16H26N4O2S/c17-16-19-13(11-23-16)1-6-18-15(21)12-2-7-20(8-3-12)14-4-9-22-10-5-14/h11-12,14H,1-10H2,(H2,17,19)(H,18,21). The topological polar surface area (TPSA) is 80.5 Å². The van der Waals surface area contributed by atoms with Crippen molar-refractivity contribution in [1.29, 1.82) is 0 Å². The molecular weight excluding hydrogens is 312 g/mol. The average molecular weight is 338 g/mol. The van der Waals surface area contributed by atoms with Gasteiger partial charge in [0.25, 0.3) is 0 Å². The van der Waals surface area contributed by atoms with Crippen LogP contribution in [0.5, 0.6) is 0 Å². The van der Waals surface area contributed by atoms with E-state index in [1.54, 1.807) is 0 Å². The van der Waals surface area contributed by atoms with Crippen LogP contribution in [-0.4, -0.2) is 54.7 Å². The lowest BCUT2D eigenvalue weighted by Gasteiger charge is -2.38. The van der Waals surface area contributed by atoms with Crippen LogP contribution in [0.25, 0.3) is 0 Å². The van der Waals surface area contributed by atoms with E-state index >= 15 is 0 Å². The van der Waals surface area contributed by atoms with Gasteiger partial charge in [-0.2, -0.15) is 0 Å². The van der Waals surface area contributed by atoms with Crippen LogP contribution >= 0.6 is 11.3 Å². The third-order valence-corrected chi connectivity index (χ3v) is 5.58. The second-order valence-electron chi connectivity index (χ2n) is 6.37. The third kappa shape index (κ3) is 4.65. The highest BCUT2D eigenvalue weighted by molar-refractivity contribution is 7.13. The van der Waals surface area contributed by atoms with Gasteiger partial charge in [0.05, 0.1) is 5.69 Å². The minimum atomic E-state index is 0.159. The van der Waals surface area contributed by atoms with E-state index in [-0.39, 0.29) is 11.8 Å². The Morgan fingerprint density at radius 1 is 1.35 bits per heavy atom. The first-order valence-electron chi connectivity index (χ1n) is 8.52. The first-order chi connectivity index (χ1) is 11.2. The molecular formula is C16H26N4O2S. The zero-order valence-electron chi connectivity index (χ0n) is 13.5. The lowest BCUT2D eigenvalue weighted by atomic mass is 9.93. The first kappa shape index (κ1) is 16.7. The van der Waals surface area contributed by atoms with Crippen LogP contribution in [0.4, 0.5) is 5.13 Å². The van der Waals surface area contributed by atoms with Crippen LogP contribution in [0.3, 0.4) is 0 Å². The summed E-state index contributed by atoms with van der Waals surface area (Å²) >= 11 is 1.44. The minimum Gasteiger partial charge on any atom is -0.381 e. The zero-order chi connectivity index (χ0) is 16.1. The van der Waals surface area contributed by atoms with Crippen molar-refractivity contribution in [2.75, 3.05) is 38.6 Å². The number of nitrogens with zero attached hydrogens (tertiary/aromatic N) is 2. The number of piperidine rings is 1. The van der Waals surface area contributed by atoms with Crippen LogP contribution in [0.15, 0.2) is 5.38 Å².